The number of thioether (sulfide) groups is 1. The summed E-state index contributed by atoms with van der Waals surface area (Å²) in [7, 11) is 0. The lowest BCUT2D eigenvalue weighted by Crippen LogP contribution is -2.14. The Morgan fingerprint density at radius 2 is 2.38 bits per heavy atom. The number of nitro benzene ring substituents is 1. The van der Waals surface area contributed by atoms with E-state index in [1.807, 2.05) is 6.92 Å². The summed E-state index contributed by atoms with van der Waals surface area (Å²) in [6.07, 6.45) is 0. The molecular formula is C9H11N3O3S. The molecular weight excluding hydrogens is 230 g/mol. The van der Waals surface area contributed by atoms with Gasteiger partial charge in [-0.3, -0.25) is 10.1 Å². The topological polar surface area (TPSA) is 102 Å². The van der Waals surface area contributed by atoms with E-state index in [1.54, 1.807) is 6.07 Å². The third-order valence-electron chi connectivity index (χ3n) is 1.86. The van der Waals surface area contributed by atoms with Crippen LogP contribution in [0.4, 0.5) is 5.69 Å². The lowest BCUT2D eigenvalue weighted by atomic mass is 10.2. The van der Waals surface area contributed by atoms with E-state index < -0.39 is 4.92 Å². The fourth-order valence-corrected chi connectivity index (χ4v) is 1.96. The van der Waals surface area contributed by atoms with Crippen molar-refractivity contribution in [3.8, 4) is 0 Å². The summed E-state index contributed by atoms with van der Waals surface area (Å²) >= 11 is 1.47. The van der Waals surface area contributed by atoms with E-state index in [0.29, 0.717) is 5.56 Å². The predicted molar refractivity (Wildman–Crippen MR) is 62.0 cm³/mol. The van der Waals surface area contributed by atoms with Crippen molar-refractivity contribution in [1.82, 2.24) is 0 Å². The van der Waals surface area contributed by atoms with Crippen LogP contribution in [0.5, 0.6) is 0 Å². The molecule has 0 fully saturated rings. The molecule has 0 aliphatic rings. The Kier molecular flexibility index (Phi) is 4.12. The van der Waals surface area contributed by atoms with Crippen LogP contribution in [0.15, 0.2) is 28.3 Å². The summed E-state index contributed by atoms with van der Waals surface area (Å²) in [6, 6.07) is 4.29. The number of amidine groups is 1. The first-order chi connectivity index (χ1) is 7.60. The summed E-state index contributed by atoms with van der Waals surface area (Å²) in [5, 5.41) is 22.0. The van der Waals surface area contributed by atoms with Gasteiger partial charge in [-0.05, 0) is 11.8 Å². The zero-order valence-electron chi connectivity index (χ0n) is 8.58. The first-order valence-electron chi connectivity index (χ1n) is 4.49. The molecule has 0 heterocycles. The maximum absolute atomic E-state index is 10.6. The maximum Gasteiger partial charge on any atom is 0.270 e. The molecule has 7 heteroatoms. The molecule has 0 amide bonds. The molecule has 16 heavy (non-hydrogen) atoms. The lowest BCUT2D eigenvalue weighted by molar-refractivity contribution is -0.384. The predicted octanol–water partition coefficient (Wildman–Crippen LogP) is 1.80. The largest absolute Gasteiger partial charge is 0.409 e. The second kappa shape index (κ2) is 5.36. The third-order valence-corrected chi connectivity index (χ3v) is 2.81. The molecule has 86 valence electrons. The van der Waals surface area contributed by atoms with E-state index in [-0.39, 0.29) is 11.5 Å². The molecule has 0 radical (unpaired) electrons. The van der Waals surface area contributed by atoms with Crippen LogP contribution in [-0.4, -0.2) is 21.7 Å². The quantitative estimate of drug-likeness (QED) is 0.209. The zero-order valence-corrected chi connectivity index (χ0v) is 9.40. The van der Waals surface area contributed by atoms with Gasteiger partial charge in [-0.15, -0.1) is 11.8 Å². The number of non-ortho nitro benzene ring substituents is 1. The van der Waals surface area contributed by atoms with Gasteiger partial charge in [-0.1, -0.05) is 12.1 Å². The summed E-state index contributed by atoms with van der Waals surface area (Å²) in [6.45, 7) is 1.95. The number of rotatable bonds is 4. The van der Waals surface area contributed by atoms with E-state index in [0.717, 1.165) is 10.6 Å². The van der Waals surface area contributed by atoms with Crippen LogP contribution in [-0.2, 0) is 0 Å². The first-order valence-corrected chi connectivity index (χ1v) is 5.47. The monoisotopic (exact) mass is 241 g/mol. The van der Waals surface area contributed by atoms with Crippen molar-refractivity contribution in [1.29, 1.82) is 0 Å². The molecule has 0 unspecified atom stereocenters. The Hall–Kier alpha value is -1.76. The van der Waals surface area contributed by atoms with E-state index in [2.05, 4.69) is 5.16 Å². The van der Waals surface area contributed by atoms with Gasteiger partial charge >= 0.3 is 0 Å². The average molecular weight is 241 g/mol. The lowest BCUT2D eigenvalue weighted by Gasteiger charge is -2.06. The number of nitro groups is 1. The van der Waals surface area contributed by atoms with Crippen molar-refractivity contribution in [2.24, 2.45) is 10.9 Å². The number of hydrogen-bond donors (Lipinski definition) is 2. The minimum atomic E-state index is -0.519. The van der Waals surface area contributed by atoms with E-state index >= 15 is 0 Å². The van der Waals surface area contributed by atoms with Crippen LogP contribution in [0.25, 0.3) is 0 Å². The molecule has 0 atom stereocenters. The highest BCUT2D eigenvalue weighted by molar-refractivity contribution is 7.99. The smallest absolute Gasteiger partial charge is 0.270 e. The number of oxime groups is 1. The van der Waals surface area contributed by atoms with Gasteiger partial charge in [0.15, 0.2) is 5.84 Å². The third kappa shape index (κ3) is 2.63. The molecule has 1 aromatic carbocycles. The van der Waals surface area contributed by atoms with E-state index in [4.69, 9.17) is 10.9 Å². The molecule has 0 aliphatic heterocycles. The SMILES string of the molecule is CCSc1ccc([N+](=O)[O-])cc1C(N)=NO. The molecule has 0 aromatic heterocycles. The Bertz CT molecular complexity index is 434. The Labute approximate surface area is 96.3 Å². The van der Waals surface area contributed by atoms with Gasteiger partial charge in [0.2, 0.25) is 0 Å². The van der Waals surface area contributed by atoms with Crippen molar-refractivity contribution in [3.63, 3.8) is 0 Å². The fourth-order valence-electron chi connectivity index (χ4n) is 1.17. The molecule has 3 N–H and O–H groups in total. The highest BCUT2D eigenvalue weighted by Crippen LogP contribution is 2.26. The Morgan fingerprint density at radius 3 is 2.88 bits per heavy atom. The minimum Gasteiger partial charge on any atom is -0.409 e. The van der Waals surface area contributed by atoms with Gasteiger partial charge in [-0.25, -0.2) is 0 Å². The van der Waals surface area contributed by atoms with Crippen molar-refractivity contribution in [2.45, 2.75) is 11.8 Å². The van der Waals surface area contributed by atoms with Crippen LogP contribution in [0, 0.1) is 10.1 Å². The van der Waals surface area contributed by atoms with Crippen LogP contribution >= 0.6 is 11.8 Å². The van der Waals surface area contributed by atoms with Gasteiger partial charge < -0.3 is 10.9 Å². The molecule has 0 spiro atoms. The van der Waals surface area contributed by atoms with Crippen LogP contribution < -0.4 is 5.73 Å². The second-order valence-electron chi connectivity index (χ2n) is 2.86. The van der Waals surface area contributed by atoms with Crippen LogP contribution in [0.1, 0.15) is 12.5 Å². The number of nitrogens with zero attached hydrogens (tertiary/aromatic N) is 2. The average Bonchev–Trinajstić information content (AvgIpc) is 2.28. The second-order valence-corrected chi connectivity index (χ2v) is 4.16. The van der Waals surface area contributed by atoms with Gasteiger partial charge in [0.1, 0.15) is 0 Å². The van der Waals surface area contributed by atoms with Gasteiger partial charge in [0, 0.05) is 22.6 Å². The van der Waals surface area contributed by atoms with Crippen molar-refractivity contribution < 1.29 is 10.1 Å². The number of benzene rings is 1. The molecule has 6 nitrogen and oxygen atoms in total. The molecule has 1 rings (SSSR count). The van der Waals surface area contributed by atoms with Gasteiger partial charge in [0.05, 0.1) is 4.92 Å². The molecule has 0 aliphatic carbocycles. The minimum absolute atomic E-state index is 0.0814. The highest BCUT2D eigenvalue weighted by Gasteiger charge is 2.13. The van der Waals surface area contributed by atoms with Crippen molar-refractivity contribution in [2.75, 3.05) is 5.75 Å². The number of hydrogen-bond acceptors (Lipinski definition) is 5. The van der Waals surface area contributed by atoms with Gasteiger partial charge in [0.25, 0.3) is 5.69 Å². The summed E-state index contributed by atoms with van der Waals surface area (Å²) < 4.78 is 0. The normalized spacial score (nSPS) is 11.4. The first kappa shape index (κ1) is 12.3. The van der Waals surface area contributed by atoms with Crippen molar-refractivity contribution >= 4 is 23.3 Å². The van der Waals surface area contributed by atoms with Crippen LogP contribution in [0.3, 0.4) is 0 Å². The van der Waals surface area contributed by atoms with E-state index in [9.17, 15) is 10.1 Å². The van der Waals surface area contributed by atoms with Crippen LogP contribution in [0.2, 0.25) is 0 Å². The zero-order chi connectivity index (χ0) is 12.1. The number of nitrogens with two attached hydrogens (primary N) is 1. The Balaban J connectivity index is 3.26. The standard InChI is InChI=1S/C9H11N3O3S/c1-2-16-8-4-3-6(12(14)15)5-7(8)9(10)11-13/h3-5,13H,2H2,1H3,(H2,10,11). The molecule has 1 aromatic rings. The van der Waals surface area contributed by atoms with Crippen molar-refractivity contribution in [3.05, 3.63) is 33.9 Å². The molecule has 0 saturated heterocycles. The van der Waals surface area contributed by atoms with E-state index in [1.165, 1.54) is 23.9 Å². The Morgan fingerprint density at radius 1 is 1.69 bits per heavy atom. The summed E-state index contributed by atoms with van der Waals surface area (Å²) in [5.74, 6) is 0.670. The molecule has 0 bridgehead atoms. The highest BCUT2D eigenvalue weighted by atomic mass is 32.2. The summed E-state index contributed by atoms with van der Waals surface area (Å²) in [4.78, 5) is 10.8. The fraction of sp³-hybridized carbons (Fsp3) is 0.222. The molecule has 0 saturated carbocycles. The summed E-state index contributed by atoms with van der Waals surface area (Å²) in [5.41, 5.74) is 5.76. The maximum atomic E-state index is 10.6. The van der Waals surface area contributed by atoms with Gasteiger partial charge in [-0.2, -0.15) is 0 Å².